The Morgan fingerprint density at radius 1 is 1.19 bits per heavy atom. The standard InChI is InChI=1S/C15H23N3O2S/c1-4-18(5-2)10-9-16-14(19)15(20)17-12-7-6-8-13(11-12)21-3/h6-8,11H,4-5,9-10H2,1-3H3,(H,16,19)(H,17,20). The number of hydrogen-bond acceptors (Lipinski definition) is 4. The Balaban J connectivity index is 2.42. The molecule has 2 amide bonds. The van der Waals surface area contributed by atoms with E-state index in [0.29, 0.717) is 12.2 Å². The molecule has 0 heterocycles. The second-order valence-corrected chi connectivity index (χ2v) is 5.35. The number of benzene rings is 1. The quantitative estimate of drug-likeness (QED) is 0.596. The highest BCUT2D eigenvalue weighted by Gasteiger charge is 2.13. The van der Waals surface area contributed by atoms with Crippen LogP contribution in [0.4, 0.5) is 5.69 Å². The number of nitrogens with one attached hydrogen (secondary N) is 2. The highest BCUT2D eigenvalue weighted by molar-refractivity contribution is 7.98. The third kappa shape index (κ3) is 6.18. The molecule has 0 aliphatic rings. The summed E-state index contributed by atoms with van der Waals surface area (Å²) in [5.74, 6) is -1.23. The van der Waals surface area contributed by atoms with Crippen molar-refractivity contribution in [1.82, 2.24) is 10.2 Å². The number of likely N-dealkylation sites (N-methyl/N-ethyl adjacent to an activating group) is 1. The third-order valence-electron chi connectivity index (χ3n) is 3.14. The van der Waals surface area contributed by atoms with Crippen molar-refractivity contribution in [2.45, 2.75) is 18.7 Å². The smallest absolute Gasteiger partial charge is 0.313 e. The Morgan fingerprint density at radius 2 is 1.90 bits per heavy atom. The Bertz CT molecular complexity index is 476. The Morgan fingerprint density at radius 3 is 2.52 bits per heavy atom. The van der Waals surface area contributed by atoms with Crippen molar-refractivity contribution in [3.8, 4) is 0 Å². The van der Waals surface area contributed by atoms with Gasteiger partial charge in [0.15, 0.2) is 0 Å². The van der Waals surface area contributed by atoms with Crippen LogP contribution in [0.3, 0.4) is 0 Å². The van der Waals surface area contributed by atoms with E-state index in [1.807, 2.05) is 24.5 Å². The van der Waals surface area contributed by atoms with E-state index in [2.05, 4.69) is 29.4 Å². The van der Waals surface area contributed by atoms with Crippen molar-refractivity contribution in [3.63, 3.8) is 0 Å². The number of amides is 2. The molecule has 0 radical (unpaired) electrons. The fourth-order valence-electron chi connectivity index (χ4n) is 1.84. The highest BCUT2D eigenvalue weighted by atomic mass is 32.2. The molecule has 1 aromatic carbocycles. The zero-order valence-electron chi connectivity index (χ0n) is 12.8. The zero-order valence-corrected chi connectivity index (χ0v) is 13.6. The lowest BCUT2D eigenvalue weighted by Gasteiger charge is -2.17. The van der Waals surface area contributed by atoms with Gasteiger partial charge in [-0.25, -0.2) is 0 Å². The number of anilines is 1. The van der Waals surface area contributed by atoms with Gasteiger partial charge in [-0.05, 0) is 37.5 Å². The Hall–Kier alpha value is -1.53. The van der Waals surface area contributed by atoms with Gasteiger partial charge in [0.05, 0.1) is 0 Å². The molecule has 0 aliphatic carbocycles. The van der Waals surface area contributed by atoms with Crippen LogP contribution >= 0.6 is 11.8 Å². The van der Waals surface area contributed by atoms with Gasteiger partial charge in [-0.3, -0.25) is 9.59 Å². The topological polar surface area (TPSA) is 61.4 Å². The van der Waals surface area contributed by atoms with Gasteiger partial charge >= 0.3 is 11.8 Å². The van der Waals surface area contributed by atoms with Crippen LogP contribution in [0.5, 0.6) is 0 Å². The summed E-state index contributed by atoms with van der Waals surface area (Å²) in [4.78, 5) is 26.7. The maximum Gasteiger partial charge on any atom is 0.313 e. The molecule has 0 aliphatic heterocycles. The number of thioether (sulfide) groups is 1. The van der Waals surface area contributed by atoms with E-state index in [-0.39, 0.29) is 0 Å². The van der Waals surface area contributed by atoms with E-state index >= 15 is 0 Å². The second kappa shape index (κ2) is 9.41. The van der Waals surface area contributed by atoms with E-state index < -0.39 is 11.8 Å². The van der Waals surface area contributed by atoms with E-state index in [1.165, 1.54) is 0 Å². The van der Waals surface area contributed by atoms with Gasteiger partial charge in [0.2, 0.25) is 0 Å². The first kappa shape index (κ1) is 17.5. The minimum atomic E-state index is -0.632. The SMILES string of the molecule is CCN(CC)CCNC(=O)C(=O)Nc1cccc(SC)c1. The monoisotopic (exact) mass is 309 g/mol. The Kier molecular flexibility index (Phi) is 7.85. The summed E-state index contributed by atoms with van der Waals surface area (Å²) in [6.07, 6.45) is 1.96. The second-order valence-electron chi connectivity index (χ2n) is 4.47. The summed E-state index contributed by atoms with van der Waals surface area (Å²) in [6, 6.07) is 7.40. The minimum Gasteiger partial charge on any atom is -0.347 e. The van der Waals surface area contributed by atoms with Gasteiger partial charge < -0.3 is 15.5 Å². The van der Waals surface area contributed by atoms with Gasteiger partial charge in [0.25, 0.3) is 0 Å². The lowest BCUT2D eigenvalue weighted by atomic mass is 10.3. The van der Waals surface area contributed by atoms with Crippen LogP contribution < -0.4 is 10.6 Å². The number of carbonyl (C=O) groups excluding carboxylic acids is 2. The van der Waals surface area contributed by atoms with Crippen molar-refractivity contribution in [2.24, 2.45) is 0 Å². The summed E-state index contributed by atoms with van der Waals surface area (Å²) in [7, 11) is 0. The summed E-state index contributed by atoms with van der Waals surface area (Å²) in [5, 5.41) is 5.24. The molecule has 0 bridgehead atoms. The first-order chi connectivity index (χ1) is 10.1. The number of hydrogen-bond donors (Lipinski definition) is 2. The molecule has 1 aromatic rings. The van der Waals surface area contributed by atoms with Crippen LogP contribution in [0.15, 0.2) is 29.2 Å². The summed E-state index contributed by atoms with van der Waals surface area (Å²) in [6.45, 7) is 7.21. The van der Waals surface area contributed by atoms with Crippen molar-refractivity contribution in [2.75, 3.05) is 37.8 Å². The molecule has 0 aromatic heterocycles. The summed E-state index contributed by atoms with van der Waals surface area (Å²) in [5.41, 5.74) is 0.630. The molecule has 0 spiro atoms. The molecule has 2 N–H and O–H groups in total. The average molecular weight is 309 g/mol. The first-order valence-electron chi connectivity index (χ1n) is 7.06. The first-order valence-corrected chi connectivity index (χ1v) is 8.28. The number of nitrogens with zero attached hydrogens (tertiary/aromatic N) is 1. The molecule has 6 heteroatoms. The number of carbonyl (C=O) groups is 2. The zero-order chi connectivity index (χ0) is 15.7. The van der Waals surface area contributed by atoms with E-state index in [1.54, 1.807) is 17.8 Å². The predicted molar refractivity (Wildman–Crippen MR) is 87.7 cm³/mol. The molecule has 5 nitrogen and oxygen atoms in total. The van der Waals surface area contributed by atoms with Gasteiger partial charge in [-0.2, -0.15) is 0 Å². The largest absolute Gasteiger partial charge is 0.347 e. The van der Waals surface area contributed by atoms with Gasteiger partial charge in [0, 0.05) is 23.7 Å². The van der Waals surface area contributed by atoms with Gasteiger partial charge in [-0.1, -0.05) is 19.9 Å². The maximum atomic E-state index is 11.8. The predicted octanol–water partition coefficient (Wildman–Crippen LogP) is 1.80. The van der Waals surface area contributed by atoms with Crippen molar-refractivity contribution >= 4 is 29.3 Å². The lowest BCUT2D eigenvalue weighted by Crippen LogP contribution is -2.40. The highest BCUT2D eigenvalue weighted by Crippen LogP contribution is 2.18. The van der Waals surface area contributed by atoms with Crippen LogP contribution in [0.25, 0.3) is 0 Å². The van der Waals surface area contributed by atoms with Crippen LogP contribution in [0, 0.1) is 0 Å². The Labute approximate surface area is 130 Å². The molecule has 0 atom stereocenters. The van der Waals surface area contributed by atoms with Crippen LogP contribution in [0.2, 0.25) is 0 Å². The molecule has 0 fully saturated rings. The van der Waals surface area contributed by atoms with Crippen LogP contribution in [-0.2, 0) is 9.59 Å². The van der Waals surface area contributed by atoms with Gasteiger partial charge in [-0.15, -0.1) is 11.8 Å². The third-order valence-corrected chi connectivity index (χ3v) is 3.87. The molecule has 0 unspecified atom stereocenters. The average Bonchev–Trinajstić information content (AvgIpc) is 2.51. The van der Waals surface area contributed by atoms with Crippen molar-refractivity contribution in [3.05, 3.63) is 24.3 Å². The van der Waals surface area contributed by atoms with E-state index in [9.17, 15) is 9.59 Å². The van der Waals surface area contributed by atoms with Crippen molar-refractivity contribution < 1.29 is 9.59 Å². The number of rotatable bonds is 7. The molecule has 116 valence electrons. The normalized spacial score (nSPS) is 10.5. The molecule has 21 heavy (non-hydrogen) atoms. The molecule has 0 saturated carbocycles. The molecule has 1 rings (SSSR count). The molecule has 0 saturated heterocycles. The van der Waals surface area contributed by atoms with E-state index in [4.69, 9.17) is 0 Å². The molecular formula is C15H23N3O2S. The molecular weight excluding hydrogens is 286 g/mol. The lowest BCUT2D eigenvalue weighted by molar-refractivity contribution is -0.136. The van der Waals surface area contributed by atoms with E-state index in [0.717, 1.165) is 24.5 Å². The van der Waals surface area contributed by atoms with Crippen molar-refractivity contribution in [1.29, 1.82) is 0 Å². The fourth-order valence-corrected chi connectivity index (χ4v) is 2.30. The minimum absolute atomic E-state index is 0.471. The summed E-state index contributed by atoms with van der Waals surface area (Å²) >= 11 is 1.58. The maximum absolute atomic E-state index is 11.8. The fraction of sp³-hybridized carbons (Fsp3) is 0.467. The van der Waals surface area contributed by atoms with Crippen LogP contribution in [0.1, 0.15) is 13.8 Å². The van der Waals surface area contributed by atoms with Crippen LogP contribution in [-0.4, -0.2) is 49.1 Å². The van der Waals surface area contributed by atoms with Gasteiger partial charge in [0.1, 0.15) is 0 Å². The summed E-state index contributed by atoms with van der Waals surface area (Å²) < 4.78 is 0.